The molecule has 0 aliphatic carbocycles. The SMILES string of the molecule is CCCC(C)[Si]. The van der Waals surface area contributed by atoms with Gasteiger partial charge in [-0.3, -0.25) is 0 Å². The molecule has 0 fully saturated rings. The minimum Gasteiger partial charge on any atom is -0.0656 e. The predicted octanol–water partition coefficient (Wildman–Crippen LogP) is 1.76. The van der Waals surface area contributed by atoms with Gasteiger partial charge in [0, 0.05) is 10.2 Å². The Morgan fingerprint density at radius 2 is 2.17 bits per heavy atom. The fourth-order valence-electron chi connectivity index (χ4n) is 0.433. The first-order valence-corrected chi connectivity index (χ1v) is 3.06. The molecule has 0 nitrogen and oxygen atoms in total. The molecule has 0 spiro atoms. The van der Waals surface area contributed by atoms with E-state index in [0.717, 1.165) is 0 Å². The maximum atomic E-state index is 3.48. The molecule has 0 amide bonds. The van der Waals surface area contributed by atoms with E-state index in [1.807, 2.05) is 0 Å². The smallest absolute Gasteiger partial charge is 0.0262 e. The second kappa shape index (κ2) is 3.41. The van der Waals surface area contributed by atoms with Gasteiger partial charge in [0.2, 0.25) is 0 Å². The van der Waals surface area contributed by atoms with Crippen LogP contribution in [0.2, 0.25) is 5.54 Å². The Balaban J connectivity index is 2.63. The molecule has 3 radical (unpaired) electrons. The van der Waals surface area contributed by atoms with Gasteiger partial charge in [0.15, 0.2) is 0 Å². The molecule has 0 aromatic carbocycles. The number of hydrogen-bond donors (Lipinski definition) is 0. The van der Waals surface area contributed by atoms with Crippen LogP contribution in [0.4, 0.5) is 0 Å². The number of hydrogen-bond acceptors (Lipinski definition) is 0. The lowest BCUT2D eigenvalue weighted by molar-refractivity contribution is 0.769. The molecule has 0 bridgehead atoms. The van der Waals surface area contributed by atoms with Crippen LogP contribution in [0.5, 0.6) is 0 Å². The fraction of sp³-hybridized carbons (Fsp3) is 1.00. The third-order valence-electron chi connectivity index (χ3n) is 0.722. The zero-order chi connectivity index (χ0) is 4.99. The van der Waals surface area contributed by atoms with Gasteiger partial charge in [-0.25, -0.2) is 0 Å². The van der Waals surface area contributed by atoms with Crippen LogP contribution in [0, 0.1) is 0 Å². The van der Waals surface area contributed by atoms with Gasteiger partial charge in [-0.1, -0.05) is 32.2 Å². The minimum atomic E-state index is 0.704. The topological polar surface area (TPSA) is 0 Å². The van der Waals surface area contributed by atoms with E-state index in [2.05, 4.69) is 24.1 Å². The Hall–Kier alpha value is 0.217. The van der Waals surface area contributed by atoms with Crippen LogP contribution in [-0.4, -0.2) is 10.2 Å². The Kier molecular flexibility index (Phi) is 3.53. The quantitative estimate of drug-likeness (QED) is 0.463. The van der Waals surface area contributed by atoms with Gasteiger partial charge in [0.25, 0.3) is 0 Å². The van der Waals surface area contributed by atoms with E-state index in [1.165, 1.54) is 12.8 Å². The minimum absolute atomic E-state index is 0.704. The summed E-state index contributed by atoms with van der Waals surface area (Å²) < 4.78 is 0. The predicted molar refractivity (Wildman–Crippen MR) is 30.1 cm³/mol. The molecule has 0 aliphatic rings. The first-order chi connectivity index (χ1) is 2.77. The first-order valence-electron chi connectivity index (χ1n) is 2.48. The van der Waals surface area contributed by atoms with Crippen molar-refractivity contribution in [3.63, 3.8) is 0 Å². The van der Waals surface area contributed by atoms with E-state index in [0.29, 0.717) is 5.54 Å². The monoisotopic (exact) mass is 99.1 g/mol. The third kappa shape index (κ3) is 4.22. The molecule has 1 atom stereocenters. The highest BCUT2D eigenvalue weighted by molar-refractivity contribution is 6.11. The highest BCUT2D eigenvalue weighted by atomic mass is 28.1. The van der Waals surface area contributed by atoms with Gasteiger partial charge in [0.05, 0.1) is 0 Å². The summed E-state index contributed by atoms with van der Waals surface area (Å²) in [4.78, 5) is 0. The van der Waals surface area contributed by atoms with Gasteiger partial charge in [-0.05, 0) is 0 Å². The van der Waals surface area contributed by atoms with Crippen molar-refractivity contribution in [1.29, 1.82) is 0 Å². The average molecular weight is 99.2 g/mol. The number of rotatable bonds is 2. The van der Waals surface area contributed by atoms with Gasteiger partial charge >= 0.3 is 0 Å². The van der Waals surface area contributed by atoms with E-state index in [-0.39, 0.29) is 0 Å². The van der Waals surface area contributed by atoms with E-state index in [1.54, 1.807) is 0 Å². The van der Waals surface area contributed by atoms with E-state index >= 15 is 0 Å². The molecule has 0 rings (SSSR count). The maximum absolute atomic E-state index is 3.48. The summed E-state index contributed by atoms with van der Waals surface area (Å²) in [5.41, 5.74) is 0.704. The van der Waals surface area contributed by atoms with Gasteiger partial charge in [-0.15, -0.1) is 0 Å². The van der Waals surface area contributed by atoms with Crippen molar-refractivity contribution in [2.24, 2.45) is 0 Å². The van der Waals surface area contributed by atoms with Crippen LogP contribution in [-0.2, 0) is 0 Å². The van der Waals surface area contributed by atoms with E-state index in [9.17, 15) is 0 Å². The van der Waals surface area contributed by atoms with Crippen LogP contribution in [0.25, 0.3) is 0 Å². The summed E-state index contributed by atoms with van der Waals surface area (Å²) in [6.07, 6.45) is 2.57. The van der Waals surface area contributed by atoms with Crippen molar-refractivity contribution in [3.8, 4) is 0 Å². The van der Waals surface area contributed by atoms with Crippen molar-refractivity contribution >= 4 is 10.2 Å². The molecular formula is C5H11Si. The lowest BCUT2D eigenvalue weighted by Gasteiger charge is -1.95. The van der Waals surface area contributed by atoms with Crippen molar-refractivity contribution in [2.75, 3.05) is 0 Å². The molecule has 0 saturated heterocycles. The highest BCUT2D eigenvalue weighted by Crippen LogP contribution is 2.03. The Morgan fingerprint density at radius 1 is 1.67 bits per heavy atom. The summed E-state index contributed by atoms with van der Waals surface area (Å²) in [6.45, 7) is 4.36. The van der Waals surface area contributed by atoms with E-state index in [4.69, 9.17) is 0 Å². The third-order valence-corrected chi connectivity index (χ3v) is 1.01. The van der Waals surface area contributed by atoms with Gasteiger partial charge < -0.3 is 0 Å². The Bertz CT molecular complexity index is 25.1. The van der Waals surface area contributed by atoms with Gasteiger partial charge in [0.1, 0.15) is 0 Å². The highest BCUT2D eigenvalue weighted by Gasteiger charge is 1.86. The second-order valence-corrected chi connectivity index (χ2v) is 2.68. The zero-order valence-corrected chi connectivity index (χ0v) is 5.49. The normalized spacial score (nSPS) is 14.5. The van der Waals surface area contributed by atoms with Crippen molar-refractivity contribution in [2.45, 2.75) is 32.2 Å². The molecule has 0 N–H and O–H groups in total. The zero-order valence-electron chi connectivity index (χ0n) is 4.49. The van der Waals surface area contributed by atoms with Crippen molar-refractivity contribution in [1.82, 2.24) is 0 Å². The molecule has 0 saturated carbocycles. The average Bonchev–Trinajstić information content (AvgIpc) is 1.35. The van der Waals surface area contributed by atoms with Crippen LogP contribution in [0.1, 0.15) is 26.7 Å². The summed E-state index contributed by atoms with van der Waals surface area (Å²) in [5, 5.41) is 0. The van der Waals surface area contributed by atoms with E-state index < -0.39 is 0 Å². The summed E-state index contributed by atoms with van der Waals surface area (Å²) >= 11 is 0. The van der Waals surface area contributed by atoms with Gasteiger partial charge in [-0.2, -0.15) is 0 Å². The standard InChI is InChI=1S/C5H11Si/c1-3-4-5(2)6/h5H,3-4H2,1-2H3. The lowest BCUT2D eigenvalue weighted by Crippen LogP contribution is -1.80. The molecule has 0 heterocycles. The fourth-order valence-corrected chi connectivity index (χ4v) is 0.722. The Labute approximate surface area is 43.4 Å². The van der Waals surface area contributed by atoms with Crippen LogP contribution < -0.4 is 0 Å². The summed E-state index contributed by atoms with van der Waals surface area (Å²) in [6, 6.07) is 0. The first kappa shape index (κ1) is 6.22. The molecule has 1 heteroatoms. The molecule has 0 aromatic rings. The maximum Gasteiger partial charge on any atom is 0.0262 e. The van der Waals surface area contributed by atoms with Crippen LogP contribution >= 0.6 is 0 Å². The van der Waals surface area contributed by atoms with Crippen molar-refractivity contribution in [3.05, 3.63) is 0 Å². The summed E-state index contributed by atoms with van der Waals surface area (Å²) in [5.74, 6) is 0. The van der Waals surface area contributed by atoms with Crippen molar-refractivity contribution < 1.29 is 0 Å². The van der Waals surface area contributed by atoms with Crippen LogP contribution in [0.15, 0.2) is 0 Å². The van der Waals surface area contributed by atoms with Crippen LogP contribution in [0.3, 0.4) is 0 Å². The molecule has 35 valence electrons. The molecule has 0 aromatic heterocycles. The largest absolute Gasteiger partial charge is 0.0656 e. The molecule has 0 aliphatic heterocycles. The summed E-state index contributed by atoms with van der Waals surface area (Å²) in [7, 11) is 3.48. The Morgan fingerprint density at radius 3 is 2.17 bits per heavy atom. The lowest BCUT2D eigenvalue weighted by atomic mass is 10.3. The molecular weight excluding hydrogens is 88.1 g/mol. The molecule has 1 unspecified atom stereocenters. The molecule has 6 heavy (non-hydrogen) atoms. The second-order valence-electron chi connectivity index (χ2n) is 1.69.